The van der Waals surface area contributed by atoms with Crippen molar-refractivity contribution in [2.24, 2.45) is 11.7 Å². The summed E-state index contributed by atoms with van der Waals surface area (Å²) < 4.78 is 16.3. The van der Waals surface area contributed by atoms with Gasteiger partial charge in [0.25, 0.3) is 0 Å². The first-order valence-electron chi connectivity index (χ1n) is 9.19. The fourth-order valence-corrected chi connectivity index (χ4v) is 3.60. The molecule has 144 valence electrons. The molecule has 1 aliphatic carbocycles. The lowest BCUT2D eigenvalue weighted by molar-refractivity contribution is -0.148. The monoisotopic (exact) mass is 356 g/mol. The molecule has 2 fully saturated rings. The summed E-state index contributed by atoms with van der Waals surface area (Å²) in [6.45, 7) is 6.20. The van der Waals surface area contributed by atoms with Gasteiger partial charge in [0.05, 0.1) is 25.2 Å². The molecule has 2 atom stereocenters. The van der Waals surface area contributed by atoms with Crippen molar-refractivity contribution in [3.63, 3.8) is 0 Å². The number of hydrogen-bond acceptors (Lipinski definition) is 6. The summed E-state index contributed by atoms with van der Waals surface area (Å²) in [5, 5.41) is 0. The Hall–Kier alpha value is -1.34. The van der Waals surface area contributed by atoms with Crippen LogP contribution in [0.15, 0.2) is 0 Å². The minimum absolute atomic E-state index is 0.0250. The number of methoxy groups -OCH3 is 1. The van der Waals surface area contributed by atoms with Gasteiger partial charge in [-0.05, 0) is 59.3 Å². The molecule has 25 heavy (non-hydrogen) atoms. The third kappa shape index (κ3) is 5.57. The molecule has 2 rings (SSSR count). The highest BCUT2D eigenvalue weighted by molar-refractivity contribution is 5.72. The fourth-order valence-electron chi connectivity index (χ4n) is 3.60. The molecule has 1 saturated heterocycles. The molecule has 1 unspecified atom stereocenters. The minimum atomic E-state index is -0.533. The van der Waals surface area contributed by atoms with Crippen LogP contribution >= 0.6 is 0 Å². The van der Waals surface area contributed by atoms with Crippen molar-refractivity contribution in [3.05, 3.63) is 0 Å². The summed E-state index contributed by atoms with van der Waals surface area (Å²) in [4.78, 5) is 25.6. The van der Waals surface area contributed by atoms with Crippen LogP contribution in [0.25, 0.3) is 0 Å². The van der Waals surface area contributed by atoms with Crippen molar-refractivity contribution in [3.8, 4) is 0 Å². The minimum Gasteiger partial charge on any atom is -0.469 e. The summed E-state index contributed by atoms with van der Waals surface area (Å²) >= 11 is 0. The summed E-state index contributed by atoms with van der Waals surface area (Å²) in [6, 6.07) is -0.159. The Morgan fingerprint density at radius 3 is 2.32 bits per heavy atom. The van der Waals surface area contributed by atoms with Crippen LogP contribution < -0.4 is 5.73 Å². The van der Waals surface area contributed by atoms with E-state index < -0.39 is 11.8 Å². The van der Waals surface area contributed by atoms with Gasteiger partial charge in [-0.3, -0.25) is 4.79 Å². The molecule has 0 aromatic carbocycles. The lowest BCUT2D eigenvalue weighted by Gasteiger charge is -2.34. The van der Waals surface area contributed by atoms with Crippen molar-refractivity contribution in [1.29, 1.82) is 0 Å². The van der Waals surface area contributed by atoms with Crippen molar-refractivity contribution in [1.82, 2.24) is 4.90 Å². The van der Waals surface area contributed by atoms with Crippen LogP contribution in [-0.4, -0.2) is 54.6 Å². The Balaban J connectivity index is 1.84. The molecule has 2 aliphatic rings. The van der Waals surface area contributed by atoms with Gasteiger partial charge in [0, 0.05) is 6.54 Å². The van der Waals surface area contributed by atoms with E-state index >= 15 is 0 Å². The Morgan fingerprint density at radius 1 is 1.12 bits per heavy atom. The largest absolute Gasteiger partial charge is 0.469 e. The van der Waals surface area contributed by atoms with Gasteiger partial charge < -0.3 is 24.8 Å². The zero-order valence-electron chi connectivity index (χ0n) is 15.8. The number of likely N-dealkylation sites (tertiary alicyclic amines) is 1. The lowest BCUT2D eigenvalue weighted by Crippen LogP contribution is -2.50. The standard InChI is InChI=1S/C18H32N2O5/c1-18(2,3)25-17(22)20-11-5-6-14(20)15(19)24-13-9-7-12(8-10-13)16(21)23-4/h12-15H,5-11,19H2,1-4H3/t12?,13?,14-,15?/m0/s1. The number of amides is 1. The van der Waals surface area contributed by atoms with Gasteiger partial charge >= 0.3 is 12.1 Å². The molecule has 2 N–H and O–H groups in total. The quantitative estimate of drug-likeness (QED) is 0.614. The first-order chi connectivity index (χ1) is 11.7. The van der Waals surface area contributed by atoms with E-state index in [9.17, 15) is 9.59 Å². The molecule has 0 aromatic rings. The first kappa shape index (κ1) is 20.0. The third-order valence-corrected chi connectivity index (χ3v) is 4.86. The van der Waals surface area contributed by atoms with Gasteiger partial charge in [0.2, 0.25) is 0 Å². The molecule has 0 aromatic heterocycles. The molecule has 1 amide bonds. The Morgan fingerprint density at radius 2 is 1.76 bits per heavy atom. The van der Waals surface area contributed by atoms with E-state index in [1.807, 2.05) is 20.8 Å². The topological polar surface area (TPSA) is 91.1 Å². The van der Waals surface area contributed by atoms with E-state index in [1.54, 1.807) is 4.90 Å². The number of hydrogen-bond donors (Lipinski definition) is 1. The highest BCUT2D eigenvalue weighted by Crippen LogP contribution is 2.29. The van der Waals surface area contributed by atoms with Crippen LogP contribution in [0.4, 0.5) is 4.79 Å². The predicted octanol–water partition coefficient (Wildman–Crippen LogP) is 2.42. The molecule has 0 spiro atoms. The van der Waals surface area contributed by atoms with Crippen LogP contribution in [0.2, 0.25) is 0 Å². The Kier molecular flexibility index (Phi) is 6.68. The molecule has 0 bridgehead atoms. The number of esters is 1. The Bertz CT molecular complexity index is 469. The summed E-state index contributed by atoms with van der Waals surface area (Å²) in [5.74, 6) is -0.180. The second-order valence-corrected chi connectivity index (χ2v) is 7.98. The number of nitrogens with two attached hydrogens (primary N) is 1. The molecule has 1 saturated carbocycles. The fraction of sp³-hybridized carbons (Fsp3) is 0.889. The smallest absolute Gasteiger partial charge is 0.410 e. The molecular weight excluding hydrogens is 324 g/mol. The summed E-state index contributed by atoms with van der Waals surface area (Å²) in [7, 11) is 1.42. The van der Waals surface area contributed by atoms with Gasteiger partial charge in [0.1, 0.15) is 11.8 Å². The second kappa shape index (κ2) is 8.36. The lowest BCUT2D eigenvalue weighted by atomic mass is 9.87. The second-order valence-electron chi connectivity index (χ2n) is 7.98. The highest BCUT2D eigenvalue weighted by atomic mass is 16.6. The Labute approximate surface area is 150 Å². The van der Waals surface area contributed by atoms with E-state index in [0.717, 1.165) is 38.5 Å². The van der Waals surface area contributed by atoms with Gasteiger partial charge in [0.15, 0.2) is 0 Å². The van der Waals surface area contributed by atoms with Crippen LogP contribution in [0.3, 0.4) is 0 Å². The molecule has 7 nitrogen and oxygen atoms in total. The molecule has 0 radical (unpaired) electrons. The van der Waals surface area contributed by atoms with Gasteiger partial charge in [-0.25, -0.2) is 4.79 Å². The first-order valence-corrected chi connectivity index (χ1v) is 9.19. The maximum atomic E-state index is 12.4. The number of carbonyl (C=O) groups is 2. The number of nitrogens with zero attached hydrogens (tertiary/aromatic N) is 1. The zero-order chi connectivity index (χ0) is 18.6. The van der Waals surface area contributed by atoms with E-state index in [1.165, 1.54) is 7.11 Å². The van der Waals surface area contributed by atoms with Crippen LogP contribution in [0.1, 0.15) is 59.3 Å². The van der Waals surface area contributed by atoms with Crippen molar-refractivity contribution in [2.75, 3.05) is 13.7 Å². The van der Waals surface area contributed by atoms with Crippen molar-refractivity contribution >= 4 is 12.1 Å². The average molecular weight is 356 g/mol. The molecule has 7 heteroatoms. The number of rotatable bonds is 4. The number of ether oxygens (including phenoxy) is 3. The van der Waals surface area contributed by atoms with Gasteiger partial charge in [-0.1, -0.05) is 0 Å². The molecular formula is C18H32N2O5. The predicted molar refractivity (Wildman–Crippen MR) is 92.8 cm³/mol. The zero-order valence-corrected chi connectivity index (χ0v) is 15.8. The normalized spacial score (nSPS) is 28.5. The van der Waals surface area contributed by atoms with E-state index in [2.05, 4.69) is 0 Å². The maximum Gasteiger partial charge on any atom is 0.410 e. The van der Waals surface area contributed by atoms with Crippen LogP contribution in [-0.2, 0) is 19.0 Å². The van der Waals surface area contributed by atoms with Crippen molar-refractivity contribution in [2.45, 2.75) is 83.3 Å². The van der Waals surface area contributed by atoms with E-state index in [0.29, 0.717) is 6.54 Å². The summed E-state index contributed by atoms with van der Waals surface area (Å²) in [5.41, 5.74) is 5.73. The maximum absolute atomic E-state index is 12.4. The molecule has 1 heterocycles. The van der Waals surface area contributed by atoms with E-state index in [4.69, 9.17) is 19.9 Å². The third-order valence-electron chi connectivity index (χ3n) is 4.86. The number of carbonyl (C=O) groups excluding carboxylic acids is 2. The van der Waals surface area contributed by atoms with Gasteiger partial charge in [-0.15, -0.1) is 0 Å². The van der Waals surface area contributed by atoms with Crippen LogP contribution in [0.5, 0.6) is 0 Å². The highest BCUT2D eigenvalue weighted by Gasteiger charge is 2.38. The van der Waals surface area contributed by atoms with Crippen LogP contribution in [0, 0.1) is 5.92 Å². The summed E-state index contributed by atoms with van der Waals surface area (Å²) in [6.07, 6.45) is 3.96. The van der Waals surface area contributed by atoms with E-state index in [-0.39, 0.29) is 30.1 Å². The average Bonchev–Trinajstić information content (AvgIpc) is 3.03. The SMILES string of the molecule is COC(=O)C1CCC(OC(N)[C@@H]2CCCN2C(=O)OC(C)(C)C)CC1. The van der Waals surface area contributed by atoms with Gasteiger partial charge in [-0.2, -0.15) is 0 Å². The molecule has 1 aliphatic heterocycles. The van der Waals surface area contributed by atoms with Crippen molar-refractivity contribution < 1.29 is 23.8 Å².